The van der Waals surface area contributed by atoms with Crippen LogP contribution in [0, 0.1) is 0 Å². The molecule has 0 fully saturated rings. The number of hydrogen-bond donors (Lipinski definition) is 0. The lowest BCUT2D eigenvalue weighted by Gasteiger charge is -1.96. The van der Waals surface area contributed by atoms with E-state index in [1.807, 2.05) is 30.5 Å². The van der Waals surface area contributed by atoms with Gasteiger partial charge in [-0.3, -0.25) is 4.98 Å². The van der Waals surface area contributed by atoms with E-state index in [0.29, 0.717) is 0 Å². The molecule has 0 bridgehead atoms. The zero-order valence-corrected chi connectivity index (χ0v) is 7.91. The molecule has 0 radical (unpaired) electrons. The SMILES string of the molecule is c1ccc(-c2cnn3cccnc23)nc1. The van der Waals surface area contributed by atoms with Crippen molar-refractivity contribution >= 4 is 5.65 Å². The summed E-state index contributed by atoms with van der Waals surface area (Å²) in [6.07, 6.45) is 7.17. The Morgan fingerprint density at radius 2 is 1.93 bits per heavy atom. The van der Waals surface area contributed by atoms with Gasteiger partial charge in [-0.1, -0.05) is 6.07 Å². The van der Waals surface area contributed by atoms with Crippen LogP contribution in [-0.2, 0) is 0 Å². The third-order valence-electron chi connectivity index (χ3n) is 2.22. The fraction of sp³-hybridized carbons (Fsp3) is 0. The second-order valence-corrected chi connectivity index (χ2v) is 3.16. The number of pyridine rings is 1. The Hall–Kier alpha value is -2.23. The van der Waals surface area contributed by atoms with Crippen molar-refractivity contribution in [2.75, 3.05) is 0 Å². The fourth-order valence-electron chi connectivity index (χ4n) is 1.53. The third kappa shape index (κ3) is 1.27. The van der Waals surface area contributed by atoms with E-state index in [2.05, 4.69) is 15.1 Å². The maximum absolute atomic E-state index is 4.28. The van der Waals surface area contributed by atoms with Crippen LogP contribution in [0.2, 0.25) is 0 Å². The minimum absolute atomic E-state index is 0.830. The number of rotatable bonds is 1. The normalized spacial score (nSPS) is 10.7. The van der Waals surface area contributed by atoms with Crippen LogP contribution in [0.3, 0.4) is 0 Å². The van der Waals surface area contributed by atoms with Gasteiger partial charge in [0.15, 0.2) is 5.65 Å². The molecule has 0 saturated heterocycles. The van der Waals surface area contributed by atoms with Crippen LogP contribution in [0.25, 0.3) is 16.9 Å². The van der Waals surface area contributed by atoms with Gasteiger partial charge in [-0.2, -0.15) is 5.10 Å². The van der Waals surface area contributed by atoms with Gasteiger partial charge in [0.1, 0.15) is 0 Å². The van der Waals surface area contributed by atoms with Crippen molar-refractivity contribution in [2.24, 2.45) is 0 Å². The molecule has 0 aromatic carbocycles. The predicted octanol–water partition coefficient (Wildman–Crippen LogP) is 1.79. The molecule has 0 N–H and O–H groups in total. The molecule has 72 valence electrons. The standard InChI is InChI=1S/C11H8N4/c1-2-5-12-10(4-1)9-8-14-15-7-3-6-13-11(9)15/h1-8H. The van der Waals surface area contributed by atoms with Crippen LogP contribution in [0.5, 0.6) is 0 Å². The lowest BCUT2D eigenvalue weighted by atomic mass is 10.2. The van der Waals surface area contributed by atoms with Gasteiger partial charge in [-0.15, -0.1) is 0 Å². The molecule has 3 aromatic rings. The molecule has 0 spiro atoms. The Labute approximate surface area is 86.2 Å². The van der Waals surface area contributed by atoms with Gasteiger partial charge in [0.05, 0.1) is 17.5 Å². The zero-order chi connectivity index (χ0) is 10.1. The summed E-state index contributed by atoms with van der Waals surface area (Å²) in [5, 5.41) is 4.21. The van der Waals surface area contributed by atoms with E-state index in [1.54, 1.807) is 23.1 Å². The Kier molecular flexibility index (Phi) is 1.71. The summed E-state index contributed by atoms with van der Waals surface area (Å²) >= 11 is 0. The number of hydrogen-bond acceptors (Lipinski definition) is 3. The lowest BCUT2D eigenvalue weighted by molar-refractivity contribution is 0.939. The van der Waals surface area contributed by atoms with Gasteiger partial charge in [0.2, 0.25) is 0 Å². The molecule has 3 rings (SSSR count). The highest BCUT2D eigenvalue weighted by Crippen LogP contribution is 2.19. The van der Waals surface area contributed by atoms with E-state index in [0.717, 1.165) is 16.9 Å². The summed E-state index contributed by atoms with van der Waals surface area (Å²) in [4.78, 5) is 8.56. The zero-order valence-electron chi connectivity index (χ0n) is 7.91. The number of nitrogens with zero attached hydrogens (tertiary/aromatic N) is 4. The van der Waals surface area contributed by atoms with Gasteiger partial charge >= 0.3 is 0 Å². The fourth-order valence-corrected chi connectivity index (χ4v) is 1.53. The summed E-state index contributed by atoms with van der Waals surface area (Å²) in [5.74, 6) is 0. The Bertz CT molecular complexity index is 586. The molecule has 3 aromatic heterocycles. The maximum atomic E-state index is 4.28. The first-order valence-electron chi connectivity index (χ1n) is 4.65. The number of aromatic nitrogens is 4. The highest BCUT2D eigenvalue weighted by molar-refractivity contribution is 5.73. The van der Waals surface area contributed by atoms with Crippen molar-refractivity contribution in [3.63, 3.8) is 0 Å². The molecule has 0 aliphatic heterocycles. The van der Waals surface area contributed by atoms with Crippen molar-refractivity contribution in [1.82, 2.24) is 19.6 Å². The van der Waals surface area contributed by atoms with Crippen LogP contribution in [0.15, 0.2) is 49.1 Å². The second kappa shape index (κ2) is 3.16. The van der Waals surface area contributed by atoms with Gasteiger partial charge in [-0.25, -0.2) is 9.50 Å². The topological polar surface area (TPSA) is 43.1 Å². The predicted molar refractivity (Wildman–Crippen MR) is 56.2 cm³/mol. The molecular weight excluding hydrogens is 188 g/mol. The molecule has 0 saturated carbocycles. The molecular formula is C11H8N4. The first kappa shape index (κ1) is 8.11. The van der Waals surface area contributed by atoms with E-state index in [-0.39, 0.29) is 0 Å². The molecule has 0 aliphatic carbocycles. The molecule has 4 heteroatoms. The molecule has 0 amide bonds. The third-order valence-corrected chi connectivity index (χ3v) is 2.22. The van der Waals surface area contributed by atoms with E-state index < -0.39 is 0 Å². The Morgan fingerprint density at radius 3 is 2.80 bits per heavy atom. The molecule has 3 heterocycles. The van der Waals surface area contributed by atoms with E-state index >= 15 is 0 Å². The molecule has 0 aliphatic rings. The quantitative estimate of drug-likeness (QED) is 0.596. The average Bonchev–Trinajstić information content (AvgIpc) is 2.74. The first-order valence-corrected chi connectivity index (χ1v) is 4.65. The average molecular weight is 196 g/mol. The smallest absolute Gasteiger partial charge is 0.164 e. The van der Waals surface area contributed by atoms with Crippen LogP contribution in [-0.4, -0.2) is 19.6 Å². The van der Waals surface area contributed by atoms with Gasteiger partial charge in [-0.05, 0) is 18.2 Å². The monoisotopic (exact) mass is 196 g/mol. The first-order chi connectivity index (χ1) is 7.45. The van der Waals surface area contributed by atoms with Crippen LogP contribution >= 0.6 is 0 Å². The van der Waals surface area contributed by atoms with E-state index in [9.17, 15) is 0 Å². The maximum Gasteiger partial charge on any atom is 0.164 e. The summed E-state index contributed by atoms with van der Waals surface area (Å²) in [6.45, 7) is 0. The van der Waals surface area contributed by atoms with Crippen molar-refractivity contribution in [1.29, 1.82) is 0 Å². The van der Waals surface area contributed by atoms with Crippen LogP contribution in [0.4, 0.5) is 0 Å². The van der Waals surface area contributed by atoms with Crippen molar-refractivity contribution < 1.29 is 0 Å². The minimum Gasteiger partial charge on any atom is -0.256 e. The van der Waals surface area contributed by atoms with Gasteiger partial charge < -0.3 is 0 Å². The van der Waals surface area contributed by atoms with E-state index in [4.69, 9.17) is 0 Å². The van der Waals surface area contributed by atoms with Gasteiger partial charge in [0.25, 0.3) is 0 Å². The highest BCUT2D eigenvalue weighted by atomic mass is 15.2. The van der Waals surface area contributed by atoms with Gasteiger partial charge in [0, 0.05) is 18.6 Å². The van der Waals surface area contributed by atoms with Crippen molar-refractivity contribution in [3.05, 3.63) is 49.1 Å². The summed E-state index contributed by atoms with van der Waals surface area (Å²) in [7, 11) is 0. The van der Waals surface area contributed by atoms with Crippen molar-refractivity contribution in [2.45, 2.75) is 0 Å². The summed E-state index contributed by atoms with van der Waals surface area (Å²) < 4.78 is 1.74. The minimum atomic E-state index is 0.830. The number of fused-ring (bicyclic) bond motifs is 1. The van der Waals surface area contributed by atoms with E-state index in [1.165, 1.54) is 0 Å². The summed E-state index contributed by atoms with van der Waals surface area (Å²) in [5.41, 5.74) is 2.68. The molecule has 15 heavy (non-hydrogen) atoms. The van der Waals surface area contributed by atoms with Crippen LogP contribution in [0.1, 0.15) is 0 Å². The highest BCUT2D eigenvalue weighted by Gasteiger charge is 2.06. The second-order valence-electron chi connectivity index (χ2n) is 3.16. The lowest BCUT2D eigenvalue weighted by Crippen LogP contribution is -1.88. The van der Waals surface area contributed by atoms with Crippen molar-refractivity contribution in [3.8, 4) is 11.3 Å². The van der Waals surface area contributed by atoms with Crippen LogP contribution < -0.4 is 0 Å². The largest absolute Gasteiger partial charge is 0.256 e. The summed E-state index contributed by atoms with van der Waals surface area (Å²) in [6, 6.07) is 7.64. The Morgan fingerprint density at radius 1 is 1.00 bits per heavy atom. The molecule has 0 atom stereocenters. The Balaban J connectivity index is 2.28. The molecule has 0 unspecified atom stereocenters. The molecule has 4 nitrogen and oxygen atoms in total.